The van der Waals surface area contributed by atoms with Crippen LogP contribution in [0.4, 0.5) is 0 Å². The Morgan fingerprint density at radius 3 is 1.24 bits per heavy atom. The van der Waals surface area contributed by atoms with Crippen LogP contribution in [0.1, 0.15) is 208 Å². The lowest BCUT2D eigenvalue weighted by molar-refractivity contribution is -0.147. The molecule has 4 nitrogen and oxygen atoms in total. The average molecular weight is 583 g/mol. The number of hydrogen-bond donors (Lipinski definition) is 0. The molecule has 0 radical (unpaired) electrons. The molecule has 0 fully saturated rings. The Bertz CT molecular complexity index is 529. The zero-order valence-corrected chi connectivity index (χ0v) is 28.9. The third-order valence-electron chi connectivity index (χ3n) is 7.52. The van der Waals surface area contributed by atoms with Crippen LogP contribution in [-0.4, -0.2) is 24.6 Å². The third-order valence-corrected chi connectivity index (χ3v) is 7.52. The van der Waals surface area contributed by atoms with E-state index >= 15 is 0 Å². The van der Waals surface area contributed by atoms with E-state index in [1.165, 1.54) is 135 Å². The van der Waals surface area contributed by atoms with Gasteiger partial charge in [0, 0.05) is 12.8 Å². The Balaban J connectivity index is 0. The van der Waals surface area contributed by atoms with Crippen molar-refractivity contribution < 1.29 is 19.1 Å². The van der Waals surface area contributed by atoms with Gasteiger partial charge in [-0.1, -0.05) is 163 Å². The van der Waals surface area contributed by atoms with Gasteiger partial charge < -0.3 is 9.47 Å². The standard InChI is InChI=1S/C22H44O2.C15H30O2/c1-4-5-6-7-8-9-10-13-16-19-22(23)24-20-17-14-11-12-15-18-21(2)3;1-4-5-6-7-8-9-10-11-12-13-15(16)17-14(2)3/h21H,4-20H2,1-3H3;14H,4-13H2,1-3H3. The van der Waals surface area contributed by atoms with Crippen LogP contribution < -0.4 is 0 Å². The topological polar surface area (TPSA) is 52.6 Å². The molecule has 0 atom stereocenters. The summed E-state index contributed by atoms with van der Waals surface area (Å²) in [5.41, 5.74) is 0. The van der Waals surface area contributed by atoms with Gasteiger partial charge in [-0.2, -0.15) is 0 Å². The lowest BCUT2D eigenvalue weighted by Gasteiger charge is -2.07. The van der Waals surface area contributed by atoms with Crippen molar-refractivity contribution in [1.82, 2.24) is 0 Å². The van der Waals surface area contributed by atoms with E-state index in [1.807, 2.05) is 13.8 Å². The minimum absolute atomic E-state index is 0.0118. The summed E-state index contributed by atoms with van der Waals surface area (Å²) < 4.78 is 10.4. The number of unbranched alkanes of at least 4 members (excludes halogenated alkanes) is 20. The van der Waals surface area contributed by atoms with Gasteiger partial charge in [-0.3, -0.25) is 9.59 Å². The molecule has 0 aliphatic carbocycles. The summed E-state index contributed by atoms with van der Waals surface area (Å²) in [6, 6.07) is 0. The van der Waals surface area contributed by atoms with Gasteiger partial charge >= 0.3 is 11.9 Å². The second kappa shape index (κ2) is 35.1. The molecule has 0 aromatic carbocycles. The molecule has 0 amide bonds. The van der Waals surface area contributed by atoms with Gasteiger partial charge in [0.05, 0.1) is 12.7 Å². The molecular formula is C37H74O4. The molecular weight excluding hydrogens is 508 g/mol. The minimum Gasteiger partial charge on any atom is -0.466 e. The predicted octanol–water partition coefficient (Wildman–Crippen LogP) is 12.3. The number of rotatable bonds is 29. The first-order valence-corrected chi connectivity index (χ1v) is 18.2. The van der Waals surface area contributed by atoms with Crippen LogP contribution in [0.3, 0.4) is 0 Å². The van der Waals surface area contributed by atoms with Crippen molar-refractivity contribution in [3.63, 3.8) is 0 Å². The molecule has 41 heavy (non-hydrogen) atoms. The van der Waals surface area contributed by atoms with Gasteiger partial charge in [-0.05, 0) is 39.0 Å². The molecule has 0 saturated carbocycles. The van der Waals surface area contributed by atoms with Crippen molar-refractivity contribution in [2.75, 3.05) is 6.61 Å². The Morgan fingerprint density at radius 1 is 0.463 bits per heavy atom. The smallest absolute Gasteiger partial charge is 0.306 e. The Labute approximate surface area is 257 Å². The fourth-order valence-corrected chi connectivity index (χ4v) is 4.92. The molecule has 4 heteroatoms. The maximum absolute atomic E-state index is 11.6. The van der Waals surface area contributed by atoms with Crippen LogP contribution in [0, 0.1) is 5.92 Å². The Morgan fingerprint density at radius 2 is 0.829 bits per heavy atom. The zero-order valence-electron chi connectivity index (χ0n) is 28.9. The van der Waals surface area contributed by atoms with Gasteiger partial charge in [0.2, 0.25) is 0 Å². The van der Waals surface area contributed by atoms with Crippen LogP contribution in [0.5, 0.6) is 0 Å². The number of carbonyl (C=O) groups is 2. The van der Waals surface area contributed by atoms with Crippen molar-refractivity contribution in [1.29, 1.82) is 0 Å². The summed E-state index contributed by atoms with van der Waals surface area (Å²) in [6.45, 7) is 13.5. The van der Waals surface area contributed by atoms with E-state index in [4.69, 9.17) is 9.47 Å². The van der Waals surface area contributed by atoms with Gasteiger partial charge in [0.25, 0.3) is 0 Å². The van der Waals surface area contributed by atoms with Crippen LogP contribution >= 0.6 is 0 Å². The lowest BCUT2D eigenvalue weighted by Crippen LogP contribution is -2.10. The largest absolute Gasteiger partial charge is 0.466 e. The number of carbonyl (C=O) groups excluding carboxylic acids is 2. The highest BCUT2D eigenvalue weighted by molar-refractivity contribution is 5.69. The molecule has 0 aliphatic heterocycles. The quantitative estimate of drug-likeness (QED) is 0.0650. The van der Waals surface area contributed by atoms with E-state index in [0.717, 1.165) is 25.2 Å². The highest BCUT2D eigenvalue weighted by atomic mass is 16.5. The lowest BCUT2D eigenvalue weighted by atomic mass is 10.0. The molecule has 0 heterocycles. The van der Waals surface area contributed by atoms with E-state index in [1.54, 1.807) is 0 Å². The summed E-state index contributed by atoms with van der Waals surface area (Å²) in [7, 11) is 0. The van der Waals surface area contributed by atoms with Crippen LogP contribution in [0.15, 0.2) is 0 Å². The molecule has 246 valence electrons. The maximum Gasteiger partial charge on any atom is 0.306 e. The van der Waals surface area contributed by atoms with Gasteiger partial charge in [-0.25, -0.2) is 0 Å². The monoisotopic (exact) mass is 583 g/mol. The predicted molar refractivity (Wildman–Crippen MR) is 178 cm³/mol. The van der Waals surface area contributed by atoms with Gasteiger partial charge in [-0.15, -0.1) is 0 Å². The maximum atomic E-state index is 11.6. The third kappa shape index (κ3) is 41.1. The van der Waals surface area contributed by atoms with E-state index in [9.17, 15) is 9.59 Å². The van der Waals surface area contributed by atoms with Crippen molar-refractivity contribution in [3.05, 3.63) is 0 Å². The van der Waals surface area contributed by atoms with Gasteiger partial charge in [0.1, 0.15) is 0 Å². The normalized spacial score (nSPS) is 11.0. The molecule has 0 saturated heterocycles. The van der Waals surface area contributed by atoms with Crippen LogP contribution in [-0.2, 0) is 19.1 Å². The van der Waals surface area contributed by atoms with Crippen molar-refractivity contribution in [3.8, 4) is 0 Å². The van der Waals surface area contributed by atoms with Crippen molar-refractivity contribution in [2.24, 2.45) is 5.92 Å². The molecule has 0 aromatic rings. The highest BCUT2D eigenvalue weighted by Gasteiger charge is 2.05. The highest BCUT2D eigenvalue weighted by Crippen LogP contribution is 2.13. The van der Waals surface area contributed by atoms with Crippen molar-refractivity contribution in [2.45, 2.75) is 215 Å². The number of ether oxygens (including phenoxy) is 2. The SMILES string of the molecule is CCCCCCCCCCCC(=O)OC(C)C.CCCCCCCCCCCC(=O)OCCCCCCCC(C)C. The number of esters is 2. The van der Waals surface area contributed by atoms with Crippen LogP contribution in [0.25, 0.3) is 0 Å². The minimum atomic E-state index is -0.0389. The number of hydrogen-bond acceptors (Lipinski definition) is 4. The average Bonchev–Trinajstić information content (AvgIpc) is 2.92. The molecule has 0 rings (SSSR count). The first-order chi connectivity index (χ1) is 19.8. The second-order valence-corrected chi connectivity index (χ2v) is 12.9. The summed E-state index contributed by atoms with van der Waals surface area (Å²) in [5.74, 6) is 0.799. The summed E-state index contributed by atoms with van der Waals surface area (Å²) in [6.07, 6.45) is 31.9. The first-order valence-electron chi connectivity index (χ1n) is 18.2. The zero-order chi connectivity index (χ0) is 30.8. The summed E-state index contributed by atoms with van der Waals surface area (Å²) in [5, 5.41) is 0. The first kappa shape index (κ1) is 42.1. The summed E-state index contributed by atoms with van der Waals surface area (Å²) >= 11 is 0. The van der Waals surface area contributed by atoms with Gasteiger partial charge in [0.15, 0.2) is 0 Å². The second-order valence-electron chi connectivity index (χ2n) is 12.9. The molecule has 0 bridgehead atoms. The van der Waals surface area contributed by atoms with E-state index in [2.05, 4.69) is 27.7 Å². The molecule has 0 aromatic heterocycles. The molecule has 0 spiro atoms. The van der Waals surface area contributed by atoms with E-state index in [-0.39, 0.29) is 18.0 Å². The fourth-order valence-electron chi connectivity index (χ4n) is 4.92. The van der Waals surface area contributed by atoms with Crippen LogP contribution in [0.2, 0.25) is 0 Å². The molecule has 0 aliphatic rings. The fraction of sp³-hybridized carbons (Fsp3) is 0.946. The Hall–Kier alpha value is -1.06. The van der Waals surface area contributed by atoms with E-state index in [0.29, 0.717) is 19.4 Å². The Kier molecular flexibility index (Phi) is 36.1. The summed E-state index contributed by atoms with van der Waals surface area (Å²) in [4.78, 5) is 22.9. The molecule has 0 unspecified atom stereocenters. The van der Waals surface area contributed by atoms with E-state index < -0.39 is 0 Å². The molecule has 0 N–H and O–H groups in total. The van der Waals surface area contributed by atoms with Crippen molar-refractivity contribution >= 4 is 11.9 Å².